The molecule has 0 saturated carbocycles. The second kappa shape index (κ2) is 13.1. The molecular weight excluding hydrogens is 594 g/mol. The molecule has 0 aromatic heterocycles. The smallest absolute Gasteiger partial charge is 0.309 e. The topological polar surface area (TPSA) is 111 Å². The highest BCUT2D eigenvalue weighted by Gasteiger charge is 2.17. The van der Waals surface area contributed by atoms with Crippen molar-refractivity contribution >= 4 is 50.8 Å². The summed E-state index contributed by atoms with van der Waals surface area (Å²) >= 11 is 11.9. The summed E-state index contributed by atoms with van der Waals surface area (Å²) in [4.78, 5) is 24.2. The predicted molar refractivity (Wildman–Crippen MR) is 154 cm³/mol. The van der Waals surface area contributed by atoms with Gasteiger partial charge in [0.1, 0.15) is 17.3 Å². The van der Waals surface area contributed by atoms with Crippen molar-refractivity contribution in [2.75, 3.05) is 12.4 Å². The van der Waals surface area contributed by atoms with Gasteiger partial charge >= 0.3 is 5.97 Å². The lowest BCUT2D eigenvalue weighted by atomic mass is 10.1. The Labute approximate surface area is 246 Å². The quantitative estimate of drug-likeness (QED) is 0.200. The molecule has 0 atom stereocenters. The Morgan fingerprint density at radius 1 is 0.878 bits per heavy atom. The van der Waals surface area contributed by atoms with Gasteiger partial charge in [-0.1, -0.05) is 35.3 Å². The normalized spacial score (nSPS) is 11.1. The predicted octanol–water partition coefficient (Wildman–Crippen LogP) is 6.37. The maximum atomic E-state index is 13.3. The fourth-order valence-electron chi connectivity index (χ4n) is 3.66. The third-order valence-corrected chi connectivity index (χ3v) is 7.96. The highest BCUT2D eigenvalue weighted by atomic mass is 35.5. The van der Waals surface area contributed by atoms with Crippen molar-refractivity contribution in [2.24, 2.45) is 0 Å². The van der Waals surface area contributed by atoms with Gasteiger partial charge in [0.05, 0.1) is 28.5 Å². The van der Waals surface area contributed by atoms with Gasteiger partial charge in [0, 0.05) is 23.4 Å². The Morgan fingerprint density at radius 3 is 2.24 bits per heavy atom. The number of anilines is 1. The summed E-state index contributed by atoms with van der Waals surface area (Å²) in [6.07, 6.45) is -0.0261. The number of carbonyl (C=O) groups is 2. The Hall–Kier alpha value is -3.96. The molecule has 8 nitrogen and oxygen atoms in total. The van der Waals surface area contributed by atoms with Gasteiger partial charge in [-0.05, 0) is 78.4 Å². The van der Waals surface area contributed by atoms with Crippen LogP contribution in [0.3, 0.4) is 0 Å². The van der Waals surface area contributed by atoms with E-state index in [0.717, 1.165) is 24.3 Å². The van der Waals surface area contributed by atoms with Crippen LogP contribution in [0.5, 0.6) is 11.5 Å². The summed E-state index contributed by atoms with van der Waals surface area (Å²) in [5.41, 5.74) is 1.85. The molecule has 12 heteroatoms. The molecule has 0 aliphatic heterocycles. The molecule has 41 heavy (non-hydrogen) atoms. The van der Waals surface area contributed by atoms with Gasteiger partial charge in [-0.2, -0.15) is 0 Å². The highest BCUT2D eigenvalue weighted by molar-refractivity contribution is 7.89. The molecule has 1 amide bonds. The van der Waals surface area contributed by atoms with Crippen LogP contribution in [-0.4, -0.2) is 27.4 Å². The lowest BCUT2D eigenvalue weighted by Gasteiger charge is -2.15. The number of benzene rings is 4. The summed E-state index contributed by atoms with van der Waals surface area (Å²) in [6, 6.07) is 20.4. The van der Waals surface area contributed by atoms with E-state index in [1.807, 2.05) is 0 Å². The first-order valence-electron chi connectivity index (χ1n) is 12.0. The first kappa shape index (κ1) is 30.0. The van der Waals surface area contributed by atoms with Crippen molar-refractivity contribution in [1.29, 1.82) is 0 Å². The summed E-state index contributed by atoms with van der Waals surface area (Å²) in [5, 5.41) is 3.35. The largest absolute Gasteiger partial charge is 0.469 e. The fraction of sp³-hybridized carbons (Fsp3) is 0.103. The van der Waals surface area contributed by atoms with Crippen LogP contribution in [0.1, 0.15) is 21.5 Å². The lowest BCUT2D eigenvalue weighted by molar-refractivity contribution is -0.139. The zero-order valence-corrected chi connectivity index (χ0v) is 23.8. The van der Waals surface area contributed by atoms with Crippen molar-refractivity contribution in [1.82, 2.24) is 4.72 Å². The molecule has 0 unspecified atom stereocenters. The summed E-state index contributed by atoms with van der Waals surface area (Å²) in [6.45, 7) is -0.179. The molecule has 0 aliphatic rings. The van der Waals surface area contributed by atoms with Crippen LogP contribution in [0.2, 0.25) is 10.0 Å². The van der Waals surface area contributed by atoms with Gasteiger partial charge in [0.15, 0.2) is 0 Å². The fourth-order valence-corrected chi connectivity index (χ4v) is 4.97. The molecule has 0 bridgehead atoms. The number of amides is 1. The second-order valence-electron chi connectivity index (χ2n) is 8.68. The minimum atomic E-state index is -3.97. The first-order valence-corrected chi connectivity index (χ1v) is 14.3. The Balaban J connectivity index is 1.51. The van der Waals surface area contributed by atoms with Crippen LogP contribution >= 0.6 is 23.2 Å². The molecule has 0 heterocycles. The number of hydrogen-bond acceptors (Lipinski definition) is 6. The number of sulfonamides is 1. The first-order chi connectivity index (χ1) is 19.5. The number of ether oxygens (including phenoxy) is 2. The van der Waals surface area contributed by atoms with Crippen LogP contribution in [0, 0.1) is 5.82 Å². The van der Waals surface area contributed by atoms with Crippen molar-refractivity contribution in [3.05, 3.63) is 117 Å². The van der Waals surface area contributed by atoms with E-state index in [9.17, 15) is 22.4 Å². The van der Waals surface area contributed by atoms with Crippen molar-refractivity contribution in [3.8, 4) is 11.5 Å². The van der Waals surface area contributed by atoms with Crippen LogP contribution < -0.4 is 14.8 Å². The number of methoxy groups -OCH3 is 1. The SMILES string of the molecule is COC(=O)Cc1ccc(Oc2ccc(NC(=O)c3ccc(Cl)c(Cl)c3)cc2)c(CNS(=O)(=O)c2ccc(F)cc2)c1. The second-order valence-corrected chi connectivity index (χ2v) is 11.3. The third kappa shape index (κ3) is 8.05. The van der Waals surface area contributed by atoms with E-state index in [1.165, 1.54) is 19.2 Å². The molecule has 0 aliphatic carbocycles. The van der Waals surface area contributed by atoms with Crippen molar-refractivity contribution < 1.29 is 31.9 Å². The van der Waals surface area contributed by atoms with E-state index in [-0.39, 0.29) is 28.8 Å². The number of hydrogen-bond donors (Lipinski definition) is 2. The van der Waals surface area contributed by atoms with E-state index in [4.69, 9.17) is 32.7 Å². The van der Waals surface area contributed by atoms with E-state index in [1.54, 1.807) is 48.5 Å². The zero-order valence-electron chi connectivity index (χ0n) is 21.5. The monoisotopic (exact) mass is 616 g/mol. The van der Waals surface area contributed by atoms with Gasteiger partial charge in [0.25, 0.3) is 5.91 Å². The van der Waals surface area contributed by atoms with Gasteiger partial charge in [-0.15, -0.1) is 0 Å². The molecule has 4 rings (SSSR count). The molecule has 212 valence electrons. The summed E-state index contributed by atoms with van der Waals surface area (Å²) in [7, 11) is -2.70. The average Bonchev–Trinajstić information content (AvgIpc) is 2.95. The minimum absolute atomic E-state index is 0.0261. The number of nitrogens with one attached hydrogen (secondary N) is 2. The number of esters is 1. The maximum Gasteiger partial charge on any atom is 0.309 e. The Bertz CT molecular complexity index is 1680. The molecule has 0 radical (unpaired) electrons. The van der Waals surface area contributed by atoms with Crippen LogP contribution in [0.4, 0.5) is 10.1 Å². The maximum absolute atomic E-state index is 13.3. The lowest BCUT2D eigenvalue weighted by Crippen LogP contribution is -2.23. The van der Waals surface area contributed by atoms with Crippen LogP contribution in [-0.2, 0) is 32.5 Å². The summed E-state index contributed by atoms with van der Waals surface area (Å²) < 4.78 is 52.0. The molecule has 2 N–H and O–H groups in total. The molecule has 4 aromatic carbocycles. The minimum Gasteiger partial charge on any atom is -0.469 e. The van der Waals surface area contributed by atoms with E-state index in [2.05, 4.69) is 10.0 Å². The average molecular weight is 617 g/mol. The number of rotatable bonds is 10. The van der Waals surface area contributed by atoms with Gasteiger partial charge in [0.2, 0.25) is 10.0 Å². The number of halogens is 3. The Kier molecular flexibility index (Phi) is 9.61. The van der Waals surface area contributed by atoms with Crippen LogP contribution in [0.25, 0.3) is 0 Å². The van der Waals surface area contributed by atoms with Gasteiger partial charge in [-0.3, -0.25) is 9.59 Å². The molecular formula is C29H23Cl2FN2O6S. The van der Waals surface area contributed by atoms with E-state index >= 15 is 0 Å². The van der Waals surface area contributed by atoms with Crippen LogP contribution in [0.15, 0.2) is 89.8 Å². The molecule has 0 spiro atoms. The highest BCUT2D eigenvalue weighted by Crippen LogP contribution is 2.29. The third-order valence-electron chi connectivity index (χ3n) is 5.80. The van der Waals surface area contributed by atoms with Crippen molar-refractivity contribution in [3.63, 3.8) is 0 Å². The molecule has 0 fully saturated rings. The number of carbonyl (C=O) groups excluding carboxylic acids is 2. The summed E-state index contributed by atoms with van der Waals surface area (Å²) in [5.74, 6) is -0.673. The van der Waals surface area contributed by atoms with Gasteiger partial charge < -0.3 is 14.8 Å². The van der Waals surface area contributed by atoms with Gasteiger partial charge in [-0.25, -0.2) is 17.5 Å². The van der Waals surface area contributed by atoms with E-state index in [0.29, 0.717) is 38.9 Å². The standard InChI is InChI=1S/C29H23Cl2FN2O6S/c1-39-28(35)15-18-2-13-27(20(14-18)17-33-41(37,38)24-10-4-21(32)5-11-24)40-23-8-6-22(7-9-23)34-29(36)19-3-12-25(30)26(31)16-19/h2-14,16,33H,15,17H2,1H3,(H,34,36). The zero-order chi connectivity index (χ0) is 29.6. The van der Waals surface area contributed by atoms with Crippen molar-refractivity contribution in [2.45, 2.75) is 17.9 Å². The molecule has 0 saturated heterocycles. The molecule has 4 aromatic rings. The Morgan fingerprint density at radius 2 is 1.59 bits per heavy atom. The van der Waals surface area contributed by atoms with E-state index < -0.39 is 21.8 Å².